The van der Waals surface area contributed by atoms with Crippen LogP contribution >= 0.6 is 0 Å². The number of hydrogen-bond acceptors (Lipinski definition) is 5. The number of methoxy groups -OCH3 is 1. The quantitative estimate of drug-likeness (QED) is 0.419. The summed E-state index contributed by atoms with van der Waals surface area (Å²) in [6, 6.07) is 8.97. The molecular weight excluding hydrogens is 286 g/mol. The van der Waals surface area contributed by atoms with E-state index in [0.717, 1.165) is 0 Å². The zero-order valence-electron chi connectivity index (χ0n) is 11.6. The number of nitro benzene ring substituents is 1. The molecule has 0 unspecified atom stereocenters. The minimum Gasteiger partial charge on any atom is -0.493 e. The highest BCUT2D eigenvalue weighted by Gasteiger charge is 2.17. The number of imidazole rings is 1. The Balaban J connectivity index is 2.04. The number of non-ortho nitro benzene ring substituents is 1. The highest BCUT2D eigenvalue weighted by atomic mass is 16.6. The molecule has 0 aliphatic carbocycles. The predicted molar refractivity (Wildman–Crippen MR) is 78.3 cm³/mol. The van der Waals surface area contributed by atoms with Gasteiger partial charge in [0.1, 0.15) is 5.69 Å². The van der Waals surface area contributed by atoms with Gasteiger partial charge in [-0.15, -0.1) is 0 Å². The number of pyridine rings is 1. The van der Waals surface area contributed by atoms with Gasteiger partial charge < -0.3 is 4.74 Å². The number of nitro groups is 1. The maximum absolute atomic E-state index is 12.5. The Kier molecular flexibility index (Phi) is 3.30. The van der Waals surface area contributed by atoms with E-state index in [1.165, 1.54) is 37.6 Å². The molecule has 2 aromatic heterocycles. The van der Waals surface area contributed by atoms with Crippen LogP contribution in [0, 0.1) is 10.1 Å². The second-order valence-corrected chi connectivity index (χ2v) is 4.55. The molecule has 3 aromatic rings. The number of ether oxygens (including phenoxy) is 1. The molecule has 0 atom stereocenters. The first kappa shape index (κ1) is 13.7. The van der Waals surface area contributed by atoms with E-state index < -0.39 is 4.92 Å². The average molecular weight is 297 g/mol. The molecule has 0 saturated heterocycles. The summed E-state index contributed by atoms with van der Waals surface area (Å²) >= 11 is 0. The molecule has 22 heavy (non-hydrogen) atoms. The third-order valence-electron chi connectivity index (χ3n) is 3.29. The Bertz CT molecular complexity index is 868. The van der Waals surface area contributed by atoms with Crippen molar-refractivity contribution in [2.75, 3.05) is 7.11 Å². The van der Waals surface area contributed by atoms with E-state index in [-0.39, 0.29) is 11.5 Å². The summed E-state index contributed by atoms with van der Waals surface area (Å²) in [6.45, 7) is 0. The van der Waals surface area contributed by atoms with Gasteiger partial charge in [-0.05, 0) is 24.3 Å². The first-order chi connectivity index (χ1) is 10.6. The smallest absolute Gasteiger partial charge is 0.269 e. The van der Waals surface area contributed by atoms with E-state index in [2.05, 4.69) is 4.98 Å². The van der Waals surface area contributed by atoms with Crippen molar-refractivity contribution >= 4 is 17.1 Å². The van der Waals surface area contributed by atoms with Crippen LogP contribution in [0.2, 0.25) is 0 Å². The van der Waals surface area contributed by atoms with Gasteiger partial charge in [0.05, 0.1) is 18.2 Å². The Hall–Kier alpha value is -3.22. The summed E-state index contributed by atoms with van der Waals surface area (Å²) in [5, 5.41) is 10.6. The van der Waals surface area contributed by atoms with E-state index in [9.17, 15) is 14.9 Å². The van der Waals surface area contributed by atoms with Gasteiger partial charge in [-0.2, -0.15) is 0 Å². The molecule has 7 nitrogen and oxygen atoms in total. The lowest BCUT2D eigenvalue weighted by Gasteiger charge is -2.04. The first-order valence-corrected chi connectivity index (χ1v) is 6.41. The Morgan fingerprint density at radius 1 is 1.27 bits per heavy atom. The monoisotopic (exact) mass is 297 g/mol. The van der Waals surface area contributed by atoms with E-state index in [1.807, 2.05) is 0 Å². The molecule has 0 amide bonds. The number of fused-ring (bicyclic) bond motifs is 1. The molecule has 0 aliphatic heterocycles. The minimum atomic E-state index is -0.507. The highest BCUT2D eigenvalue weighted by Crippen LogP contribution is 2.21. The lowest BCUT2D eigenvalue weighted by Crippen LogP contribution is -2.05. The molecule has 0 N–H and O–H groups in total. The molecule has 0 radical (unpaired) electrons. The number of nitrogens with zero attached hydrogens (tertiary/aromatic N) is 3. The lowest BCUT2D eigenvalue weighted by atomic mass is 10.1. The van der Waals surface area contributed by atoms with E-state index in [4.69, 9.17) is 4.74 Å². The molecule has 7 heteroatoms. The number of hydrogen-bond donors (Lipinski definition) is 0. The molecule has 0 aliphatic rings. The maximum Gasteiger partial charge on any atom is 0.269 e. The third kappa shape index (κ3) is 2.18. The Morgan fingerprint density at radius 3 is 2.64 bits per heavy atom. The summed E-state index contributed by atoms with van der Waals surface area (Å²) in [4.78, 5) is 26.9. The third-order valence-corrected chi connectivity index (χ3v) is 3.29. The van der Waals surface area contributed by atoms with Crippen molar-refractivity contribution in [2.45, 2.75) is 0 Å². The minimum absolute atomic E-state index is 0.0589. The van der Waals surface area contributed by atoms with Gasteiger partial charge in [0.25, 0.3) is 5.69 Å². The van der Waals surface area contributed by atoms with Crippen LogP contribution < -0.4 is 4.74 Å². The molecular formula is C15H11N3O4. The van der Waals surface area contributed by atoms with Gasteiger partial charge in [-0.3, -0.25) is 19.3 Å². The van der Waals surface area contributed by atoms with E-state index >= 15 is 0 Å². The van der Waals surface area contributed by atoms with Crippen molar-refractivity contribution < 1.29 is 14.5 Å². The van der Waals surface area contributed by atoms with Crippen molar-refractivity contribution in [2.24, 2.45) is 0 Å². The van der Waals surface area contributed by atoms with Crippen LogP contribution in [0.15, 0.2) is 48.8 Å². The standard InChI is InChI=1S/C15H11N3O4/c1-22-13-3-2-8-17-12(9-16-15(13)17)14(19)10-4-6-11(7-5-10)18(20)21/h2-9H,1H3. The normalized spacial score (nSPS) is 10.6. The molecule has 0 spiro atoms. The van der Waals surface area contributed by atoms with Gasteiger partial charge in [0, 0.05) is 23.9 Å². The fraction of sp³-hybridized carbons (Fsp3) is 0.0667. The van der Waals surface area contributed by atoms with E-state index in [1.54, 1.807) is 22.7 Å². The summed E-state index contributed by atoms with van der Waals surface area (Å²) in [7, 11) is 1.53. The van der Waals surface area contributed by atoms with Gasteiger partial charge >= 0.3 is 0 Å². The Labute approximate surface area is 124 Å². The van der Waals surface area contributed by atoms with E-state index in [0.29, 0.717) is 22.7 Å². The van der Waals surface area contributed by atoms with Crippen molar-refractivity contribution in [3.63, 3.8) is 0 Å². The number of ketones is 1. The lowest BCUT2D eigenvalue weighted by molar-refractivity contribution is -0.384. The van der Waals surface area contributed by atoms with Crippen LogP contribution in [0.25, 0.3) is 5.65 Å². The molecule has 0 saturated carbocycles. The summed E-state index contributed by atoms with van der Waals surface area (Å²) < 4.78 is 6.83. The van der Waals surface area contributed by atoms with Gasteiger partial charge in [-0.25, -0.2) is 4.98 Å². The zero-order valence-corrected chi connectivity index (χ0v) is 11.6. The van der Waals surface area contributed by atoms with Crippen LogP contribution in [0.1, 0.15) is 16.1 Å². The summed E-state index contributed by atoms with van der Waals surface area (Å²) in [5.41, 5.74) is 1.20. The van der Waals surface area contributed by atoms with Crippen molar-refractivity contribution in [3.8, 4) is 5.75 Å². The number of carbonyl (C=O) groups is 1. The van der Waals surface area contributed by atoms with Crippen molar-refractivity contribution in [3.05, 3.63) is 70.2 Å². The SMILES string of the molecule is COc1cccn2c(C(=O)c3ccc([N+](=O)[O-])cc3)cnc12. The fourth-order valence-corrected chi connectivity index (χ4v) is 2.19. The molecule has 110 valence electrons. The van der Waals surface area contributed by atoms with Gasteiger partial charge in [0.2, 0.25) is 5.78 Å². The largest absolute Gasteiger partial charge is 0.493 e. The van der Waals surface area contributed by atoms with Crippen LogP contribution in [0.5, 0.6) is 5.75 Å². The molecule has 0 bridgehead atoms. The fourth-order valence-electron chi connectivity index (χ4n) is 2.19. The van der Waals surface area contributed by atoms with Crippen LogP contribution in [-0.2, 0) is 0 Å². The number of benzene rings is 1. The zero-order chi connectivity index (χ0) is 15.7. The van der Waals surface area contributed by atoms with Crippen LogP contribution in [0.4, 0.5) is 5.69 Å². The summed E-state index contributed by atoms with van der Waals surface area (Å²) in [5.74, 6) is 0.293. The van der Waals surface area contributed by atoms with Crippen molar-refractivity contribution in [1.82, 2.24) is 9.38 Å². The molecule has 0 fully saturated rings. The van der Waals surface area contributed by atoms with Crippen LogP contribution in [-0.4, -0.2) is 27.2 Å². The second kappa shape index (κ2) is 5.28. The number of rotatable bonds is 4. The van der Waals surface area contributed by atoms with Gasteiger partial charge in [-0.1, -0.05) is 0 Å². The molecule has 3 rings (SSSR count). The first-order valence-electron chi connectivity index (χ1n) is 6.41. The van der Waals surface area contributed by atoms with Crippen molar-refractivity contribution in [1.29, 1.82) is 0 Å². The van der Waals surface area contributed by atoms with Gasteiger partial charge in [0.15, 0.2) is 11.4 Å². The number of aromatic nitrogens is 2. The highest BCUT2D eigenvalue weighted by molar-refractivity contribution is 6.08. The topological polar surface area (TPSA) is 86.7 Å². The summed E-state index contributed by atoms with van der Waals surface area (Å²) in [6.07, 6.45) is 3.17. The van der Waals surface area contributed by atoms with Crippen LogP contribution in [0.3, 0.4) is 0 Å². The predicted octanol–water partition coefficient (Wildman–Crippen LogP) is 2.48. The number of carbonyl (C=O) groups excluding carboxylic acids is 1. The average Bonchev–Trinajstić information content (AvgIpc) is 2.98. The molecule has 1 aromatic carbocycles. The molecule has 2 heterocycles. The Morgan fingerprint density at radius 2 is 2.00 bits per heavy atom. The second-order valence-electron chi connectivity index (χ2n) is 4.55. The maximum atomic E-state index is 12.5.